The molecule has 144 valence electrons. The maximum Gasteiger partial charge on any atom is 0.225 e. The van der Waals surface area contributed by atoms with E-state index < -0.39 is 0 Å². The number of hydrogen-bond donors (Lipinski definition) is 1. The van der Waals surface area contributed by atoms with Gasteiger partial charge in [-0.15, -0.1) is 0 Å². The van der Waals surface area contributed by atoms with E-state index in [-0.39, 0.29) is 29.9 Å². The first-order valence-electron chi connectivity index (χ1n) is 9.11. The Hall–Kier alpha value is -2.30. The van der Waals surface area contributed by atoms with E-state index in [2.05, 4.69) is 5.32 Å². The fourth-order valence-electron chi connectivity index (χ4n) is 4.14. The molecule has 1 aliphatic heterocycles. The molecule has 2 unspecified atom stereocenters. The van der Waals surface area contributed by atoms with Crippen LogP contribution in [0.5, 0.6) is 5.75 Å². The Bertz CT molecular complexity index is 999. The van der Waals surface area contributed by atoms with E-state index in [1.165, 1.54) is 0 Å². The first-order chi connectivity index (χ1) is 13.5. The van der Waals surface area contributed by atoms with Crippen molar-refractivity contribution in [2.75, 3.05) is 7.11 Å². The maximum atomic E-state index is 13.1. The van der Waals surface area contributed by atoms with Crippen molar-refractivity contribution in [2.24, 2.45) is 0 Å². The van der Waals surface area contributed by atoms with Crippen LogP contribution < -0.4 is 10.1 Å². The number of ether oxygens (including phenoxy) is 1. The fourth-order valence-corrected chi connectivity index (χ4v) is 4.68. The minimum absolute atomic E-state index is 0.00101. The summed E-state index contributed by atoms with van der Waals surface area (Å²) in [7, 11) is 1.62. The van der Waals surface area contributed by atoms with Crippen LogP contribution in [0.4, 0.5) is 0 Å². The van der Waals surface area contributed by atoms with Gasteiger partial charge in [-0.1, -0.05) is 41.4 Å². The second-order valence-electron chi connectivity index (χ2n) is 7.17. The summed E-state index contributed by atoms with van der Waals surface area (Å²) in [5.74, 6) is 0.357. The molecule has 0 spiro atoms. The van der Waals surface area contributed by atoms with Gasteiger partial charge in [-0.05, 0) is 47.7 Å². The summed E-state index contributed by atoms with van der Waals surface area (Å²) in [6, 6.07) is 12.9. The predicted molar refractivity (Wildman–Crippen MR) is 109 cm³/mol. The number of halogens is 2. The molecule has 2 aromatic carbocycles. The number of amides is 1. The zero-order valence-corrected chi connectivity index (χ0v) is 16.8. The Balaban J connectivity index is 1.72. The zero-order chi connectivity index (χ0) is 19.8. The summed E-state index contributed by atoms with van der Waals surface area (Å²) < 4.78 is 5.30. The molecule has 2 aromatic rings. The van der Waals surface area contributed by atoms with Crippen LogP contribution in [0, 0.1) is 0 Å². The van der Waals surface area contributed by atoms with Crippen molar-refractivity contribution >= 4 is 34.9 Å². The van der Waals surface area contributed by atoms with Crippen molar-refractivity contribution in [1.82, 2.24) is 5.32 Å². The first kappa shape index (κ1) is 19.0. The molecular formula is C22H19Cl2NO3. The predicted octanol–water partition coefficient (Wildman–Crippen LogP) is 5.01. The molecular weight excluding hydrogens is 397 g/mol. The summed E-state index contributed by atoms with van der Waals surface area (Å²) >= 11 is 12.4. The minimum atomic E-state index is -0.340. The third-order valence-electron chi connectivity index (χ3n) is 5.44. The number of carbonyl (C=O) groups excluding carboxylic acids is 2. The lowest BCUT2D eigenvalue weighted by Gasteiger charge is -2.34. The molecule has 28 heavy (non-hydrogen) atoms. The first-order valence-corrected chi connectivity index (χ1v) is 9.87. The second-order valence-corrected chi connectivity index (χ2v) is 8.01. The zero-order valence-electron chi connectivity index (χ0n) is 15.3. The lowest BCUT2D eigenvalue weighted by Crippen LogP contribution is -2.38. The molecule has 0 aromatic heterocycles. The number of allylic oxidation sites excluding steroid dienone is 2. The third kappa shape index (κ3) is 3.54. The monoisotopic (exact) mass is 415 g/mol. The molecule has 1 amide bonds. The van der Waals surface area contributed by atoms with Crippen molar-refractivity contribution in [3.63, 3.8) is 0 Å². The molecule has 4 rings (SSSR count). The van der Waals surface area contributed by atoms with Crippen molar-refractivity contribution < 1.29 is 14.3 Å². The number of nitrogens with one attached hydrogen (secondary N) is 1. The highest BCUT2D eigenvalue weighted by Crippen LogP contribution is 2.44. The Morgan fingerprint density at radius 1 is 1.04 bits per heavy atom. The minimum Gasteiger partial charge on any atom is -0.497 e. The van der Waals surface area contributed by atoms with Gasteiger partial charge >= 0.3 is 0 Å². The molecule has 0 fully saturated rings. The van der Waals surface area contributed by atoms with Gasteiger partial charge in [0.15, 0.2) is 5.78 Å². The maximum absolute atomic E-state index is 13.1. The van der Waals surface area contributed by atoms with E-state index >= 15 is 0 Å². The van der Waals surface area contributed by atoms with E-state index in [1.54, 1.807) is 25.3 Å². The SMILES string of the molecule is COc1cccc(C2CC(=O)C3=C(C2)NC(=O)CC3c2ccc(Cl)cc2Cl)c1. The molecule has 2 aliphatic rings. The van der Waals surface area contributed by atoms with Crippen LogP contribution in [0.25, 0.3) is 0 Å². The van der Waals surface area contributed by atoms with Gasteiger partial charge < -0.3 is 10.1 Å². The van der Waals surface area contributed by atoms with E-state index in [0.717, 1.165) is 16.9 Å². The Labute approximate surface area is 173 Å². The van der Waals surface area contributed by atoms with E-state index in [0.29, 0.717) is 34.2 Å². The average molecular weight is 416 g/mol. The Morgan fingerprint density at radius 3 is 2.61 bits per heavy atom. The molecule has 0 bridgehead atoms. The van der Waals surface area contributed by atoms with Crippen molar-refractivity contribution in [3.8, 4) is 5.75 Å². The molecule has 6 heteroatoms. The number of ketones is 1. The lowest BCUT2D eigenvalue weighted by molar-refractivity contribution is -0.122. The number of methoxy groups -OCH3 is 1. The van der Waals surface area contributed by atoms with E-state index in [9.17, 15) is 9.59 Å². The number of benzene rings is 2. The molecule has 1 N–H and O–H groups in total. The largest absolute Gasteiger partial charge is 0.497 e. The fraction of sp³-hybridized carbons (Fsp3) is 0.273. The third-order valence-corrected chi connectivity index (χ3v) is 6.00. The average Bonchev–Trinajstić information content (AvgIpc) is 2.67. The summed E-state index contributed by atoms with van der Waals surface area (Å²) in [5, 5.41) is 3.93. The van der Waals surface area contributed by atoms with Crippen LogP contribution in [0.2, 0.25) is 10.0 Å². The molecule has 1 aliphatic carbocycles. The smallest absolute Gasteiger partial charge is 0.225 e. The second kappa shape index (κ2) is 7.61. The van der Waals surface area contributed by atoms with Crippen molar-refractivity contribution in [2.45, 2.75) is 31.1 Å². The van der Waals surface area contributed by atoms with Crippen LogP contribution in [0.1, 0.15) is 42.2 Å². The molecule has 4 nitrogen and oxygen atoms in total. The molecule has 1 heterocycles. The molecule has 0 saturated heterocycles. The van der Waals surface area contributed by atoms with Gasteiger partial charge in [0.05, 0.1) is 7.11 Å². The molecule has 0 radical (unpaired) electrons. The van der Waals surface area contributed by atoms with Gasteiger partial charge in [-0.3, -0.25) is 9.59 Å². The normalized spacial score (nSPS) is 22.0. The number of rotatable bonds is 3. The number of Topliss-reactive ketones (excluding diaryl/α,β-unsaturated/α-hetero) is 1. The van der Waals surface area contributed by atoms with Crippen LogP contribution in [0.15, 0.2) is 53.7 Å². The van der Waals surface area contributed by atoms with Gasteiger partial charge in [0, 0.05) is 40.1 Å². The van der Waals surface area contributed by atoms with Crippen LogP contribution >= 0.6 is 23.2 Å². The highest BCUT2D eigenvalue weighted by molar-refractivity contribution is 6.35. The van der Waals surface area contributed by atoms with Gasteiger partial charge in [0.2, 0.25) is 5.91 Å². The summed E-state index contributed by atoms with van der Waals surface area (Å²) in [5.41, 5.74) is 3.17. The highest BCUT2D eigenvalue weighted by atomic mass is 35.5. The van der Waals surface area contributed by atoms with Crippen LogP contribution in [0.3, 0.4) is 0 Å². The molecule has 2 atom stereocenters. The van der Waals surface area contributed by atoms with Crippen LogP contribution in [-0.2, 0) is 9.59 Å². The summed E-state index contributed by atoms with van der Waals surface area (Å²) in [6.45, 7) is 0. The van der Waals surface area contributed by atoms with Gasteiger partial charge in [0.1, 0.15) is 5.75 Å². The van der Waals surface area contributed by atoms with Crippen molar-refractivity contribution in [1.29, 1.82) is 0 Å². The quantitative estimate of drug-likeness (QED) is 0.766. The van der Waals surface area contributed by atoms with E-state index in [1.807, 2.05) is 24.3 Å². The Morgan fingerprint density at radius 2 is 1.86 bits per heavy atom. The summed E-state index contributed by atoms with van der Waals surface area (Å²) in [6.07, 6.45) is 1.20. The standard InChI is InChI=1S/C22H19Cl2NO3/c1-28-15-4-2-3-12(7-15)13-8-19-22(20(26)9-13)17(11-21(27)25-19)16-6-5-14(23)10-18(16)24/h2-7,10,13,17H,8-9,11H2,1H3,(H,25,27). The highest BCUT2D eigenvalue weighted by Gasteiger charge is 2.38. The van der Waals surface area contributed by atoms with Gasteiger partial charge in [0.25, 0.3) is 0 Å². The number of carbonyl (C=O) groups is 2. The summed E-state index contributed by atoms with van der Waals surface area (Å²) in [4.78, 5) is 25.5. The lowest BCUT2D eigenvalue weighted by atomic mass is 9.73. The van der Waals surface area contributed by atoms with Crippen molar-refractivity contribution in [3.05, 3.63) is 74.9 Å². The van der Waals surface area contributed by atoms with Gasteiger partial charge in [-0.2, -0.15) is 0 Å². The molecule has 0 saturated carbocycles. The Kier molecular flexibility index (Phi) is 5.17. The topological polar surface area (TPSA) is 55.4 Å². The van der Waals surface area contributed by atoms with Gasteiger partial charge in [-0.25, -0.2) is 0 Å². The van der Waals surface area contributed by atoms with E-state index in [4.69, 9.17) is 27.9 Å². The van der Waals surface area contributed by atoms with Crippen LogP contribution in [-0.4, -0.2) is 18.8 Å². The number of hydrogen-bond acceptors (Lipinski definition) is 3.